The molecular formula is C36H49N7O6. The molecule has 49 heavy (non-hydrogen) atoms. The van der Waals surface area contributed by atoms with Crippen LogP contribution in [0.4, 0.5) is 0 Å². The number of carbonyl (C=O) groups is 5. The van der Waals surface area contributed by atoms with Crippen LogP contribution in [-0.2, 0) is 41.6 Å². The molecule has 1 fully saturated rings. The van der Waals surface area contributed by atoms with E-state index in [9.17, 15) is 24.0 Å². The molecular weight excluding hydrogens is 626 g/mol. The van der Waals surface area contributed by atoms with Crippen LogP contribution in [0.2, 0.25) is 0 Å². The minimum absolute atomic E-state index is 0.0482. The summed E-state index contributed by atoms with van der Waals surface area (Å²) in [5.74, 6) is 1.53. The molecule has 1 heterocycles. The third kappa shape index (κ3) is 13.4. The molecule has 10 N–H and O–H groups in total. The number of piperidine rings is 1. The van der Waals surface area contributed by atoms with Crippen molar-refractivity contribution in [1.82, 2.24) is 21.3 Å². The van der Waals surface area contributed by atoms with Gasteiger partial charge in [-0.1, -0.05) is 60.7 Å². The van der Waals surface area contributed by atoms with Crippen LogP contribution in [-0.4, -0.2) is 79.5 Å². The van der Waals surface area contributed by atoms with Crippen molar-refractivity contribution >= 4 is 29.7 Å². The molecule has 0 radical (unpaired) electrons. The van der Waals surface area contributed by atoms with Gasteiger partial charge < -0.3 is 43.2 Å². The van der Waals surface area contributed by atoms with Crippen molar-refractivity contribution in [2.45, 2.75) is 82.1 Å². The van der Waals surface area contributed by atoms with Crippen LogP contribution in [0.5, 0.6) is 0 Å². The Morgan fingerprint density at radius 2 is 1.37 bits per heavy atom. The van der Waals surface area contributed by atoms with Gasteiger partial charge in [0.1, 0.15) is 18.1 Å². The van der Waals surface area contributed by atoms with Gasteiger partial charge in [0.15, 0.2) is 0 Å². The Kier molecular flexibility index (Phi) is 16.4. The number of hydrogen-bond donors (Lipinski definition) is 7. The normalized spacial score (nSPS) is 16.0. The van der Waals surface area contributed by atoms with Crippen molar-refractivity contribution in [3.63, 3.8) is 0 Å². The lowest BCUT2D eigenvalue weighted by Crippen LogP contribution is -2.58. The first-order valence-electron chi connectivity index (χ1n) is 16.7. The summed E-state index contributed by atoms with van der Waals surface area (Å²) in [6.45, 7) is 3.08. The lowest BCUT2D eigenvalue weighted by Gasteiger charge is -2.26. The second-order valence-electron chi connectivity index (χ2n) is 12.1. The SMILES string of the molecule is CC#CCC(NC(=O)[C@@H](Cc1ccccc1)NC(=O)[C@H](N)Cc1ccccc1)C(=O)N[C@H](CC(N)CCN)C(=O)OC(=O)C1CCNCC1. The summed E-state index contributed by atoms with van der Waals surface area (Å²) < 4.78 is 5.21. The number of esters is 2. The smallest absolute Gasteiger partial charge is 0.336 e. The van der Waals surface area contributed by atoms with E-state index in [-0.39, 0.29) is 32.2 Å². The van der Waals surface area contributed by atoms with Gasteiger partial charge in [-0.15, -0.1) is 11.8 Å². The zero-order valence-electron chi connectivity index (χ0n) is 28.0. The third-order valence-electron chi connectivity index (χ3n) is 8.22. The highest BCUT2D eigenvalue weighted by Crippen LogP contribution is 2.15. The molecule has 1 aliphatic rings. The molecule has 13 heteroatoms. The van der Waals surface area contributed by atoms with Gasteiger partial charge in [0.2, 0.25) is 17.7 Å². The number of hydrogen-bond acceptors (Lipinski definition) is 10. The van der Waals surface area contributed by atoms with Crippen molar-refractivity contribution < 1.29 is 28.7 Å². The lowest BCUT2D eigenvalue weighted by atomic mass is 9.98. The predicted molar refractivity (Wildman–Crippen MR) is 185 cm³/mol. The molecule has 5 atom stereocenters. The highest BCUT2D eigenvalue weighted by Gasteiger charge is 2.33. The Balaban J connectivity index is 1.77. The van der Waals surface area contributed by atoms with Gasteiger partial charge in [0, 0.05) is 18.9 Å². The van der Waals surface area contributed by atoms with Crippen LogP contribution in [0.3, 0.4) is 0 Å². The van der Waals surface area contributed by atoms with Crippen molar-refractivity contribution in [3.8, 4) is 11.8 Å². The average Bonchev–Trinajstić information content (AvgIpc) is 3.10. The van der Waals surface area contributed by atoms with E-state index in [0.29, 0.717) is 32.4 Å². The van der Waals surface area contributed by atoms with E-state index in [1.807, 2.05) is 60.7 Å². The minimum atomic E-state index is -1.29. The summed E-state index contributed by atoms with van der Waals surface area (Å²) in [5.41, 5.74) is 19.7. The first-order chi connectivity index (χ1) is 23.6. The standard InChI is InChI=1S/C36H49N7O6/c1-2-3-14-29(33(45)43-31(23-27(38)15-18-37)36(48)49-35(47)26-16-19-40-20-17-26)41-34(46)30(22-25-12-8-5-9-13-25)42-32(44)28(39)21-24-10-6-4-7-11-24/h4-13,26-31,40H,14-23,37-39H2,1H3,(H,41,46)(H,42,44)(H,43,45)/t27?,28-,29?,30-,31-/m1/s1. The second-order valence-corrected chi connectivity index (χ2v) is 12.1. The maximum atomic E-state index is 13.8. The second kappa shape index (κ2) is 20.7. The number of rotatable bonds is 17. The Hall–Kier alpha value is -4.61. The van der Waals surface area contributed by atoms with Crippen molar-refractivity contribution in [3.05, 3.63) is 71.8 Å². The van der Waals surface area contributed by atoms with Gasteiger partial charge >= 0.3 is 11.9 Å². The Bertz CT molecular complexity index is 1440. The van der Waals surface area contributed by atoms with Crippen LogP contribution < -0.4 is 38.5 Å². The number of nitrogens with one attached hydrogen (secondary N) is 4. The maximum Gasteiger partial charge on any atom is 0.336 e. The molecule has 264 valence electrons. The van der Waals surface area contributed by atoms with E-state index >= 15 is 0 Å². The fourth-order valence-electron chi connectivity index (χ4n) is 5.42. The van der Waals surface area contributed by atoms with Crippen LogP contribution in [0.25, 0.3) is 0 Å². The molecule has 2 aromatic carbocycles. The summed E-state index contributed by atoms with van der Waals surface area (Å²) in [4.78, 5) is 66.6. The largest absolute Gasteiger partial charge is 0.391 e. The number of amides is 3. The molecule has 0 bridgehead atoms. The summed E-state index contributed by atoms with van der Waals surface area (Å²) in [6, 6.07) is 13.2. The highest BCUT2D eigenvalue weighted by molar-refractivity contribution is 5.96. The first kappa shape index (κ1) is 38.8. The summed E-state index contributed by atoms with van der Waals surface area (Å²) in [5, 5.41) is 11.2. The average molecular weight is 676 g/mol. The molecule has 0 spiro atoms. The highest BCUT2D eigenvalue weighted by atomic mass is 16.6. The number of benzene rings is 2. The van der Waals surface area contributed by atoms with E-state index < -0.39 is 65.8 Å². The molecule has 1 aliphatic heterocycles. The molecule has 2 aromatic rings. The van der Waals surface area contributed by atoms with Crippen LogP contribution in [0.1, 0.15) is 50.2 Å². The zero-order chi connectivity index (χ0) is 35.6. The van der Waals surface area contributed by atoms with Gasteiger partial charge in [-0.05, 0) is 69.8 Å². The van der Waals surface area contributed by atoms with E-state index in [1.165, 1.54) is 0 Å². The van der Waals surface area contributed by atoms with Crippen LogP contribution in [0, 0.1) is 17.8 Å². The van der Waals surface area contributed by atoms with Gasteiger partial charge in [-0.3, -0.25) is 19.2 Å². The fraction of sp³-hybridized carbons (Fsp3) is 0.472. The molecule has 3 rings (SSSR count). The lowest BCUT2D eigenvalue weighted by molar-refractivity contribution is -0.165. The zero-order valence-corrected chi connectivity index (χ0v) is 28.0. The first-order valence-corrected chi connectivity index (χ1v) is 16.7. The molecule has 3 amide bonds. The minimum Gasteiger partial charge on any atom is -0.391 e. The van der Waals surface area contributed by atoms with Gasteiger partial charge in [0.05, 0.1) is 12.0 Å². The number of carbonyl (C=O) groups excluding carboxylic acids is 5. The summed E-state index contributed by atoms with van der Waals surface area (Å²) in [7, 11) is 0. The number of ether oxygens (including phenoxy) is 1. The van der Waals surface area contributed by atoms with E-state index in [2.05, 4.69) is 33.1 Å². The van der Waals surface area contributed by atoms with E-state index in [4.69, 9.17) is 21.9 Å². The fourth-order valence-corrected chi connectivity index (χ4v) is 5.42. The summed E-state index contributed by atoms with van der Waals surface area (Å²) >= 11 is 0. The summed E-state index contributed by atoms with van der Waals surface area (Å²) in [6.07, 6.45) is 1.64. The van der Waals surface area contributed by atoms with Crippen LogP contribution >= 0.6 is 0 Å². The maximum absolute atomic E-state index is 13.8. The quantitative estimate of drug-likeness (QED) is 0.0665. The van der Waals surface area contributed by atoms with E-state index in [1.54, 1.807) is 6.92 Å². The Labute approximate surface area is 287 Å². The van der Waals surface area contributed by atoms with E-state index in [0.717, 1.165) is 11.1 Å². The third-order valence-corrected chi connectivity index (χ3v) is 8.22. The van der Waals surface area contributed by atoms with Crippen molar-refractivity contribution in [1.29, 1.82) is 0 Å². The van der Waals surface area contributed by atoms with Crippen molar-refractivity contribution in [2.75, 3.05) is 19.6 Å². The Morgan fingerprint density at radius 3 is 1.96 bits per heavy atom. The Morgan fingerprint density at radius 1 is 0.816 bits per heavy atom. The topological polar surface area (TPSA) is 221 Å². The monoisotopic (exact) mass is 675 g/mol. The molecule has 1 saturated heterocycles. The van der Waals surface area contributed by atoms with Gasteiger partial charge in [-0.2, -0.15) is 0 Å². The van der Waals surface area contributed by atoms with Crippen molar-refractivity contribution in [2.24, 2.45) is 23.1 Å². The molecule has 0 aromatic heterocycles. The van der Waals surface area contributed by atoms with Gasteiger partial charge in [-0.25, -0.2) is 4.79 Å². The molecule has 0 saturated carbocycles. The molecule has 13 nitrogen and oxygen atoms in total. The molecule has 2 unspecified atom stereocenters. The molecule has 0 aliphatic carbocycles. The van der Waals surface area contributed by atoms with Crippen LogP contribution in [0.15, 0.2) is 60.7 Å². The van der Waals surface area contributed by atoms with Gasteiger partial charge in [0.25, 0.3) is 0 Å². The predicted octanol–water partition coefficient (Wildman–Crippen LogP) is -0.197. The number of nitrogens with two attached hydrogens (primary N) is 3.